The van der Waals surface area contributed by atoms with Crippen LogP contribution in [-0.2, 0) is 23.9 Å². The van der Waals surface area contributed by atoms with Gasteiger partial charge in [-0.1, -0.05) is 24.3 Å². The van der Waals surface area contributed by atoms with E-state index in [1.165, 1.54) is 0 Å². The lowest BCUT2D eigenvalue weighted by atomic mass is 9.85. The van der Waals surface area contributed by atoms with Gasteiger partial charge in [-0.3, -0.25) is 4.79 Å². The van der Waals surface area contributed by atoms with Crippen LogP contribution in [0.2, 0.25) is 0 Å². The Labute approximate surface area is 148 Å². The predicted molar refractivity (Wildman–Crippen MR) is 93.6 cm³/mol. The second kappa shape index (κ2) is 7.64. The molecule has 1 fully saturated rings. The van der Waals surface area contributed by atoms with E-state index in [-0.39, 0.29) is 17.8 Å². The Bertz CT molecular complexity index is 708. The number of carbonyl (C=O) groups excluding carboxylic acids is 3. The average molecular weight is 344 g/mol. The number of ketones is 1. The highest BCUT2D eigenvalue weighted by Gasteiger charge is 2.44. The normalized spacial score (nSPS) is 32.1. The monoisotopic (exact) mass is 344 g/mol. The van der Waals surface area contributed by atoms with E-state index in [1.807, 2.05) is 13.0 Å². The predicted octanol–water partition coefficient (Wildman–Crippen LogP) is 3.22. The van der Waals surface area contributed by atoms with E-state index in [2.05, 4.69) is 6.58 Å². The Morgan fingerprint density at radius 3 is 2.68 bits per heavy atom. The minimum absolute atomic E-state index is 0.0214. The quantitative estimate of drug-likeness (QED) is 0.437. The number of ether oxygens (including phenoxy) is 2. The molecule has 5 heteroatoms. The molecule has 1 heterocycles. The largest absolute Gasteiger partial charge is 0.458 e. The van der Waals surface area contributed by atoms with Crippen LogP contribution >= 0.6 is 0 Å². The summed E-state index contributed by atoms with van der Waals surface area (Å²) in [4.78, 5) is 36.4. The first-order valence-electron chi connectivity index (χ1n) is 8.35. The second-order valence-corrected chi connectivity index (χ2v) is 6.57. The Kier molecular flexibility index (Phi) is 5.77. The summed E-state index contributed by atoms with van der Waals surface area (Å²) in [6.07, 6.45) is 4.61. The summed E-state index contributed by atoms with van der Waals surface area (Å²) in [5, 5.41) is 0. The summed E-state index contributed by atoms with van der Waals surface area (Å²) in [6.45, 7) is 10.8. The highest BCUT2D eigenvalue weighted by molar-refractivity contribution is 5.96. The van der Waals surface area contributed by atoms with Crippen LogP contribution in [-0.4, -0.2) is 29.9 Å². The highest BCUT2D eigenvalue weighted by Crippen LogP contribution is 2.36. The van der Waals surface area contributed by atoms with Crippen molar-refractivity contribution in [1.29, 1.82) is 0 Å². The lowest BCUT2D eigenvalue weighted by Crippen LogP contribution is -2.33. The van der Waals surface area contributed by atoms with E-state index in [1.54, 1.807) is 32.9 Å². The number of rotatable bonds is 2. The number of allylic oxidation sites excluding steroid dienone is 3. The summed E-state index contributed by atoms with van der Waals surface area (Å²) in [5.41, 5.74) is 2.21. The molecule has 0 aromatic rings. The molecule has 1 saturated heterocycles. The van der Waals surface area contributed by atoms with Crippen LogP contribution in [0.5, 0.6) is 0 Å². The molecule has 5 nitrogen and oxygen atoms in total. The van der Waals surface area contributed by atoms with Gasteiger partial charge in [0.05, 0.1) is 5.92 Å². The standard InChI is InChI=1S/C20H24O5/c1-6-12(3)19(22)24-16-9-11(2)7-8-15(21)13(4)10-17-18(16)14(5)20(23)25-17/h6-7,10,16-18H,5,8-9H2,1-4H3/b11-7+,12-6-,13-10+. The van der Waals surface area contributed by atoms with E-state index in [0.29, 0.717) is 17.6 Å². The third kappa shape index (κ3) is 4.16. The molecule has 0 aromatic carbocycles. The zero-order valence-corrected chi connectivity index (χ0v) is 15.1. The molecule has 0 aromatic heterocycles. The van der Waals surface area contributed by atoms with Crippen LogP contribution in [0.15, 0.2) is 47.1 Å². The molecule has 2 rings (SSSR count). The molecular formula is C20H24O5. The Hall–Kier alpha value is -2.43. The Morgan fingerprint density at radius 2 is 2.04 bits per heavy atom. The molecule has 0 radical (unpaired) electrons. The summed E-state index contributed by atoms with van der Waals surface area (Å²) in [5.74, 6) is -1.48. The van der Waals surface area contributed by atoms with Crippen LogP contribution in [0.1, 0.15) is 40.5 Å². The lowest BCUT2D eigenvalue weighted by molar-refractivity contribution is -0.147. The number of Topliss-reactive ketones (excluding diaryl/α,β-unsaturated/α-hetero) is 1. The molecule has 1 aliphatic heterocycles. The summed E-state index contributed by atoms with van der Waals surface area (Å²) >= 11 is 0. The first-order valence-corrected chi connectivity index (χ1v) is 8.35. The van der Waals surface area contributed by atoms with Gasteiger partial charge < -0.3 is 9.47 Å². The van der Waals surface area contributed by atoms with Crippen molar-refractivity contribution in [1.82, 2.24) is 0 Å². The van der Waals surface area contributed by atoms with Crippen LogP contribution in [0, 0.1) is 5.92 Å². The molecule has 134 valence electrons. The highest BCUT2D eigenvalue weighted by atomic mass is 16.6. The number of esters is 2. The second-order valence-electron chi connectivity index (χ2n) is 6.57. The van der Waals surface area contributed by atoms with Crippen molar-refractivity contribution >= 4 is 17.7 Å². The van der Waals surface area contributed by atoms with Crippen LogP contribution < -0.4 is 0 Å². The van der Waals surface area contributed by atoms with E-state index in [0.717, 1.165) is 5.57 Å². The van der Waals surface area contributed by atoms with Crippen molar-refractivity contribution in [2.24, 2.45) is 5.92 Å². The summed E-state index contributed by atoms with van der Waals surface area (Å²) < 4.78 is 11.1. The van der Waals surface area contributed by atoms with Gasteiger partial charge in [0.2, 0.25) is 0 Å². The zero-order valence-electron chi connectivity index (χ0n) is 15.1. The van der Waals surface area contributed by atoms with Crippen LogP contribution in [0.4, 0.5) is 0 Å². The molecule has 2 aliphatic rings. The molecule has 0 N–H and O–H groups in total. The van der Waals surface area contributed by atoms with E-state index < -0.39 is 30.1 Å². The molecule has 0 spiro atoms. The van der Waals surface area contributed by atoms with Gasteiger partial charge >= 0.3 is 11.9 Å². The fourth-order valence-electron chi connectivity index (χ4n) is 2.94. The van der Waals surface area contributed by atoms with Crippen molar-refractivity contribution in [3.8, 4) is 0 Å². The zero-order chi connectivity index (χ0) is 18.7. The average Bonchev–Trinajstić information content (AvgIpc) is 2.84. The van der Waals surface area contributed by atoms with Gasteiger partial charge in [0.15, 0.2) is 5.78 Å². The number of carbonyl (C=O) groups is 3. The third-order valence-corrected chi connectivity index (χ3v) is 4.69. The molecule has 3 atom stereocenters. The van der Waals surface area contributed by atoms with Gasteiger partial charge in [-0.05, 0) is 39.3 Å². The maximum absolute atomic E-state index is 12.3. The SMILES string of the molecule is C=C1C(=O)OC2/C=C(\C)C(=O)C/C=C(\C)CC(OC(=O)/C(C)=C\C)C12. The van der Waals surface area contributed by atoms with E-state index in [4.69, 9.17) is 9.47 Å². The van der Waals surface area contributed by atoms with Gasteiger partial charge in [-0.15, -0.1) is 0 Å². The summed E-state index contributed by atoms with van der Waals surface area (Å²) in [7, 11) is 0. The van der Waals surface area contributed by atoms with Gasteiger partial charge in [0.25, 0.3) is 0 Å². The molecule has 3 unspecified atom stereocenters. The van der Waals surface area contributed by atoms with E-state index in [9.17, 15) is 14.4 Å². The van der Waals surface area contributed by atoms with Crippen molar-refractivity contribution < 1.29 is 23.9 Å². The molecule has 1 aliphatic carbocycles. The van der Waals surface area contributed by atoms with Gasteiger partial charge in [0.1, 0.15) is 12.2 Å². The Morgan fingerprint density at radius 1 is 1.36 bits per heavy atom. The fraction of sp³-hybridized carbons (Fsp3) is 0.450. The van der Waals surface area contributed by atoms with Gasteiger partial charge in [-0.25, -0.2) is 9.59 Å². The van der Waals surface area contributed by atoms with Gasteiger partial charge in [0, 0.05) is 24.0 Å². The number of fused-ring (bicyclic) bond motifs is 1. The molecular weight excluding hydrogens is 320 g/mol. The minimum atomic E-state index is -0.654. The smallest absolute Gasteiger partial charge is 0.334 e. The molecule has 0 saturated carbocycles. The van der Waals surface area contributed by atoms with Crippen LogP contribution in [0.25, 0.3) is 0 Å². The van der Waals surface area contributed by atoms with Crippen molar-refractivity contribution in [2.45, 2.75) is 52.7 Å². The Balaban J connectivity index is 2.44. The van der Waals surface area contributed by atoms with Gasteiger partial charge in [-0.2, -0.15) is 0 Å². The topological polar surface area (TPSA) is 69.7 Å². The molecule has 0 bridgehead atoms. The fourth-order valence-corrected chi connectivity index (χ4v) is 2.94. The maximum Gasteiger partial charge on any atom is 0.334 e. The lowest BCUT2D eigenvalue weighted by Gasteiger charge is -2.27. The summed E-state index contributed by atoms with van der Waals surface area (Å²) in [6, 6.07) is 0. The van der Waals surface area contributed by atoms with Crippen LogP contribution in [0.3, 0.4) is 0 Å². The van der Waals surface area contributed by atoms with Crippen molar-refractivity contribution in [2.75, 3.05) is 0 Å². The third-order valence-electron chi connectivity index (χ3n) is 4.69. The number of hydrogen-bond donors (Lipinski definition) is 0. The van der Waals surface area contributed by atoms with Crippen molar-refractivity contribution in [3.05, 3.63) is 47.1 Å². The first-order chi connectivity index (χ1) is 11.7. The minimum Gasteiger partial charge on any atom is -0.458 e. The molecule has 25 heavy (non-hydrogen) atoms. The first kappa shape index (κ1) is 18.9. The number of hydrogen-bond acceptors (Lipinski definition) is 5. The maximum atomic E-state index is 12.3. The van der Waals surface area contributed by atoms with E-state index >= 15 is 0 Å². The van der Waals surface area contributed by atoms with Crippen molar-refractivity contribution in [3.63, 3.8) is 0 Å². The molecule has 0 amide bonds.